The van der Waals surface area contributed by atoms with Crippen LogP contribution in [0.25, 0.3) is 0 Å². The first kappa shape index (κ1) is 13.0. The zero-order valence-electron chi connectivity index (χ0n) is 10.9. The van der Waals surface area contributed by atoms with Gasteiger partial charge in [-0.05, 0) is 26.8 Å². The van der Waals surface area contributed by atoms with Crippen LogP contribution in [0.1, 0.15) is 43.5 Å². The first-order valence-corrected chi connectivity index (χ1v) is 7.47. The lowest BCUT2D eigenvalue weighted by atomic mass is 10.2. The molecule has 0 aromatic carbocycles. The van der Waals surface area contributed by atoms with E-state index >= 15 is 0 Å². The van der Waals surface area contributed by atoms with E-state index in [-0.39, 0.29) is 0 Å². The normalized spacial score (nSPS) is 19.0. The third-order valence-electron chi connectivity index (χ3n) is 3.74. The molecule has 1 aliphatic rings. The van der Waals surface area contributed by atoms with Gasteiger partial charge in [-0.15, -0.1) is 11.3 Å². The molecule has 1 aromatic heterocycles. The SMILES string of the molecule is CC(NCCN(C)C1CCCC1)c1cncs1. The Bertz CT molecular complexity index is 306. The quantitative estimate of drug-likeness (QED) is 0.845. The van der Waals surface area contributed by atoms with Gasteiger partial charge < -0.3 is 10.2 Å². The van der Waals surface area contributed by atoms with E-state index < -0.39 is 0 Å². The molecule has 1 fully saturated rings. The van der Waals surface area contributed by atoms with Crippen molar-refractivity contribution in [3.8, 4) is 0 Å². The van der Waals surface area contributed by atoms with E-state index in [1.165, 1.54) is 30.6 Å². The van der Waals surface area contributed by atoms with Crippen molar-refractivity contribution in [1.82, 2.24) is 15.2 Å². The van der Waals surface area contributed by atoms with Crippen LogP contribution < -0.4 is 5.32 Å². The number of thiazole rings is 1. The summed E-state index contributed by atoms with van der Waals surface area (Å²) in [6.45, 7) is 4.42. The van der Waals surface area contributed by atoms with E-state index in [4.69, 9.17) is 0 Å². The van der Waals surface area contributed by atoms with E-state index in [0.29, 0.717) is 6.04 Å². The average molecular weight is 253 g/mol. The first-order chi connectivity index (χ1) is 8.27. The third-order valence-corrected chi connectivity index (χ3v) is 4.70. The fourth-order valence-electron chi connectivity index (χ4n) is 2.53. The highest BCUT2D eigenvalue weighted by molar-refractivity contribution is 7.09. The highest BCUT2D eigenvalue weighted by Gasteiger charge is 2.19. The van der Waals surface area contributed by atoms with Crippen molar-refractivity contribution in [3.63, 3.8) is 0 Å². The molecule has 0 radical (unpaired) electrons. The molecule has 0 saturated heterocycles. The van der Waals surface area contributed by atoms with Gasteiger partial charge in [-0.1, -0.05) is 12.8 Å². The summed E-state index contributed by atoms with van der Waals surface area (Å²) in [5, 5.41) is 3.57. The van der Waals surface area contributed by atoms with E-state index in [0.717, 1.165) is 19.1 Å². The summed E-state index contributed by atoms with van der Waals surface area (Å²) in [6, 6.07) is 1.26. The Kier molecular flexibility index (Phi) is 4.95. The zero-order chi connectivity index (χ0) is 12.1. The molecule has 1 atom stereocenters. The van der Waals surface area contributed by atoms with Crippen LogP contribution in [0.4, 0.5) is 0 Å². The monoisotopic (exact) mass is 253 g/mol. The highest BCUT2D eigenvalue weighted by atomic mass is 32.1. The van der Waals surface area contributed by atoms with E-state index in [2.05, 4.69) is 29.2 Å². The second kappa shape index (κ2) is 6.47. The van der Waals surface area contributed by atoms with Crippen LogP contribution in [0.15, 0.2) is 11.7 Å². The Morgan fingerprint density at radius 2 is 2.29 bits per heavy atom. The molecule has 2 rings (SSSR count). The minimum absolute atomic E-state index is 0.430. The molecule has 1 unspecified atom stereocenters. The van der Waals surface area contributed by atoms with Crippen LogP contribution in [0.2, 0.25) is 0 Å². The number of likely N-dealkylation sites (N-methyl/N-ethyl adjacent to an activating group) is 1. The molecule has 0 spiro atoms. The van der Waals surface area contributed by atoms with Crippen molar-refractivity contribution in [2.75, 3.05) is 20.1 Å². The topological polar surface area (TPSA) is 28.2 Å². The molecule has 0 aliphatic heterocycles. The number of hydrogen-bond donors (Lipinski definition) is 1. The second-order valence-electron chi connectivity index (χ2n) is 5.00. The lowest BCUT2D eigenvalue weighted by molar-refractivity contribution is 0.243. The standard InChI is InChI=1S/C13H23N3S/c1-11(13-9-14-10-17-13)15-7-8-16(2)12-5-3-4-6-12/h9-12,15H,3-8H2,1-2H3. The fraction of sp³-hybridized carbons (Fsp3) is 0.769. The molecule has 0 bridgehead atoms. The molecule has 3 nitrogen and oxygen atoms in total. The van der Waals surface area contributed by atoms with Gasteiger partial charge in [-0.25, -0.2) is 0 Å². The van der Waals surface area contributed by atoms with Crippen molar-refractivity contribution < 1.29 is 0 Å². The van der Waals surface area contributed by atoms with Gasteiger partial charge in [0.1, 0.15) is 0 Å². The fourth-order valence-corrected chi connectivity index (χ4v) is 3.18. The zero-order valence-corrected chi connectivity index (χ0v) is 11.7. The van der Waals surface area contributed by atoms with E-state index in [9.17, 15) is 0 Å². The summed E-state index contributed by atoms with van der Waals surface area (Å²) in [5.74, 6) is 0. The Morgan fingerprint density at radius 1 is 1.53 bits per heavy atom. The van der Waals surface area contributed by atoms with Crippen LogP contribution >= 0.6 is 11.3 Å². The summed E-state index contributed by atoms with van der Waals surface area (Å²) in [7, 11) is 2.26. The van der Waals surface area contributed by atoms with Crippen molar-refractivity contribution in [2.45, 2.75) is 44.7 Å². The van der Waals surface area contributed by atoms with Gasteiger partial charge in [0.15, 0.2) is 0 Å². The summed E-state index contributed by atoms with van der Waals surface area (Å²) in [6.07, 6.45) is 7.57. The minimum atomic E-state index is 0.430. The van der Waals surface area contributed by atoms with Crippen molar-refractivity contribution in [3.05, 3.63) is 16.6 Å². The smallest absolute Gasteiger partial charge is 0.0794 e. The van der Waals surface area contributed by atoms with Gasteiger partial charge in [0.05, 0.1) is 5.51 Å². The summed E-state index contributed by atoms with van der Waals surface area (Å²) >= 11 is 1.73. The van der Waals surface area contributed by atoms with Gasteiger partial charge in [0, 0.05) is 36.2 Å². The van der Waals surface area contributed by atoms with E-state index in [1.807, 2.05) is 11.7 Å². The predicted molar refractivity (Wildman–Crippen MR) is 73.4 cm³/mol. The number of nitrogens with zero attached hydrogens (tertiary/aromatic N) is 2. The Hall–Kier alpha value is -0.450. The van der Waals surface area contributed by atoms with Gasteiger partial charge in [-0.2, -0.15) is 0 Å². The number of aromatic nitrogens is 1. The molecule has 96 valence electrons. The molecule has 1 aliphatic carbocycles. The summed E-state index contributed by atoms with van der Waals surface area (Å²) in [5.41, 5.74) is 1.90. The minimum Gasteiger partial charge on any atom is -0.308 e. The lowest BCUT2D eigenvalue weighted by Gasteiger charge is -2.24. The van der Waals surface area contributed by atoms with Gasteiger partial charge in [0.25, 0.3) is 0 Å². The number of hydrogen-bond acceptors (Lipinski definition) is 4. The maximum Gasteiger partial charge on any atom is 0.0794 e. The molecular weight excluding hydrogens is 230 g/mol. The predicted octanol–water partition coefficient (Wildman–Crippen LogP) is 2.67. The third kappa shape index (κ3) is 3.76. The summed E-state index contributed by atoms with van der Waals surface area (Å²) in [4.78, 5) is 7.96. The van der Waals surface area contributed by atoms with Gasteiger partial charge in [-0.3, -0.25) is 4.98 Å². The Balaban J connectivity index is 1.65. The van der Waals surface area contributed by atoms with Crippen LogP contribution in [0.3, 0.4) is 0 Å². The number of nitrogens with one attached hydrogen (secondary N) is 1. The molecule has 17 heavy (non-hydrogen) atoms. The van der Waals surface area contributed by atoms with Crippen molar-refractivity contribution in [2.24, 2.45) is 0 Å². The highest BCUT2D eigenvalue weighted by Crippen LogP contribution is 2.22. The molecule has 0 amide bonds. The van der Waals surface area contributed by atoms with Crippen LogP contribution in [0.5, 0.6) is 0 Å². The van der Waals surface area contributed by atoms with Crippen molar-refractivity contribution in [1.29, 1.82) is 0 Å². The van der Waals surface area contributed by atoms with Gasteiger partial charge >= 0.3 is 0 Å². The van der Waals surface area contributed by atoms with E-state index in [1.54, 1.807) is 11.3 Å². The van der Waals surface area contributed by atoms with Crippen LogP contribution in [-0.2, 0) is 0 Å². The Morgan fingerprint density at radius 3 is 2.94 bits per heavy atom. The maximum atomic E-state index is 4.12. The van der Waals surface area contributed by atoms with Crippen LogP contribution in [0, 0.1) is 0 Å². The second-order valence-corrected chi connectivity index (χ2v) is 5.92. The maximum absolute atomic E-state index is 4.12. The Labute approximate surface area is 108 Å². The van der Waals surface area contributed by atoms with Gasteiger partial charge in [0.2, 0.25) is 0 Å². The molecule has 4 heteroatoms. The summed E-state index contributed by atoms with van der Waals surface area (Å²) < 4.78 is 0. The lowest BCUT2D eigenvalue weighted by Crippen LogP contribution is -2.36. The molecule has 1 aromatic rings. The molecule has 1 saturated carbocycles. The number of rotatable bonds is 6. The average Bonchev–Trinajstić information content (AvgIpc) is 3.02. The molecular formula is C13H23N3S. The first-order valence-electron chi connectivity index (χ1n) is 6.59. The molecule has 1 N–H and O–H groups in total. The van der Waals surface area contributed by atoms with Crippen LogP contribution in [-0.4, -0.2) is 36.1 Å². The largest absolute Gasteiger partial charge is 0.308 e. The van der Waals surface area contributed by atoms with Crippen molar-refractivity contribution >= 4 is 11.3 Å². The molecule has 1 heterocycles.